The Morgan fingerprint density at radius 1 is 1.19 bits per heavy atom. The molecule has 0 unspecified atom stereocenters. The third-order valence-corrected chi connectivity index (χ3v) is 2.96. The molecule has 2 rings (SSSR count). The Morgan fingerprint density at radius 2 is 1.95 bits per heavy atom. The monoisotopic (exact) mass is 285 g/mol. The van der Waals surface area contributed by atoms with Gasteiger partial charge in [-0.25, -0.2) is 0 Å². The Labute approximate surface area is 121 Å². The first-order valence-corrected chi connectivity index (χ1v) is 6.31. The number of benzene rings is 2. The third kappa shape index (κ3) is 3.87. The largest absolute Gasteiger partial charge is 0.384 e. The molecule has 6 nitrogen and oxygen atoms in total. The van der Waals surface area contributed by atoms with E-state index in [1.165, 1.54) is 12.1 Å². The SMILES string of the molecule is N=C(N)c1ccccc1COCc1cccc([N+](=O)[O-])c1. The zero-order chi connectivity index (χ0) is 15.2. The van der Waals surface area contributed by atoms with E-state index < -0.39 is 4.92 Å². The lowest BCUT2D eigenvalue weighted by atomic mass is 10.1. The highest BCUT2D eigenvalue weighted by Crippen LogP contribution is 2.15. The first-order chi connectivity index (χ1) is 10.1. The first-order valence-electron chi connectivity index (χ1n) is 6.31. The first kappa shape index (κ1) is 14.7. The number of hydrogen-bond donors (Lipinski definition) is 2. The normalized spacial score (nSPS) is 10.3. The minimum Gasteiger partial charge on any atom is -0.384 e. The second kappa shape index (κ2) is 6.62. The number of rotatable bonds is 6. The van der Waals surface area contributed by atoms with Crippen molar-refractivity contribution in [3.05, 3.63) is 75.3 Å². The van der Waals surface area contributed by atoms with Crippen molar-refractivity contribution in [1.82, 2.24) is 0 Å². The number of nitro benzene ring substituents is 1. The number of ether oxygens (including phenoxy) is 1. The molecule has 2 aromatic rings. The van der Waals surface area contributed by atoms with Crippen molar-refractivity contribution >= 4 is 11.5 Å². The van der Waals surface area contributed by atoms with E-state index in [-0.39, 0.29) is 18.1 Å². The minimum absolute atomic E-state index is 0.00968. The average Bonchev–Trinajstić information content (AvgIpc) is 2.48. The number of nitrogens with zero attached hydrogens (tertiary/aromatic N) is 1. The molecule has 6 heteroatoms. The molecule has 0 amide bonds. The minimum atomic E-state index is -0.436. The van der Waals surface area contributed by atoms with Gasteiger partial charge < -0.3 is 10.5 Å². The molecule has 0 fully saturated rings. The molecular weight excluding hydrogens is 270 g/mol. The van der Waals surface area contributed by atoms with Crippen LogP contribution < -0.4 is 5.73 Å². The van der Waals surface area contributed by atoms with Gasteiger partial charge in [-0.05, 0) is 11.1 Å². The molecule has 0 aliphatic heterocycles. The quantitative estimate of drug-likeness (QED) is 0.368. The molecule has 2 aromatic carbocycles. The number of hydrogen-bond acceptors (Lipinski definition) is 4. The zero-order valence-corrected chi connectivity index (χ0v) is 11.3. The summed E-state index contributed by atoms with van der Waals surface area (Å²) in [6, 6.07) is 13.6. The molecule has 0 radical (unpaired) electrons. The van der Waals surface area contributed by atoms with E-state index in [9.17, 15) is 10.1 Å². The van der Waals surface area contributed by atoms with Crippen molar-refractivity contribution in [3.63, 3.8) is 0 Å². The van der Waals surface area contributed by atoms with Crippen LogP contribution in [0.4, 0.5) is 5.69 Å². The van der Waals surface area contributed by atoms with Crippen LogP contribution in [0.2, 0.25) is 0 Å². The van der Waals surface area contributed by atoms with Gasteiger partial charge in [0.25, 0.3) is 5.69 Å². The van der Waals surface area contributed by atoms with Gasteiger partial charge in [0.15, 0.2) is 0 Å². The number of nitro groups is 1. The molecule has 0 saturated carbocycles. The van der Waals surface area contributed by atoms with Gasteiger partial charge in [0.05, 0.1) is 18.1 Å². The van der Waals surface area contributed by atoms with Crippen LogP contribution in [-0.4, -0.2) is 10.8 Å². The van der Waals surface area contributed by atoms with Crippen molar-refractivity contribution in [2.45, 2.75) is 13.2 Å². The third-order valence-electron chi connectivity index (χ3n) is 2.96. The summed E-state index contributed by atoms with van der Waals surface area (Å²) >= 11 is 0. The van der Waals surface area contributed by atoms with Crippen LogP contribution in [0.5, 0.6) is 0 Å². The van der Waals surface area contributed by atoms with Crippen molar-refractivity contribution in [2.24, 2.45) is 5.73 Å². The summed E-state index contributed by atoms with van der Waals surface area (Å²) in [6.45, 7) is 0.548. The standard InChI is InChI=1S/C15H15N3O3/c16-15(17)14-7-2-1-5-12(14)10-21-9-11-4-3-6-13(8-11)18(19)20/h1-8H,9-10H2,(H3,16,17). The fourth-order valence-corrected chi connectivity index (χ4v) is 1.95. The zero-order valence-electron chi connectivity index (χ0n) is 11.3. The summed E-state index contributed by atoms with van der Waals surface area (Å²) in [4.78, 5) is 10.3. The average molecular weight is 285 g/mol. The maximum Gasteiger partial charge on any atom is 0.269 e. The van der Waals surface area contributed by atoms with Crippen LogP contribution in [0.3, 0.4) is 0 Å². The summed E-state index contributed by atoms with van der Waals surface area (Å²) in [5, 5.41) is 18.2. The second-order valence-electron chi connectivity index (χ2n) is 4.49. The number of nitrogens with one attached hydrogen (secondary N) is 1. The molecule has 0 bridgehead atoms. The van der Waals surface area contributed by atoms with E-state index >= 15 is 0 Å². The summed E-state index contributed by atoms with van der Waals surface area (Å²) in [6.07, 6.45) is 0. The Hall–Kier alpha value is -2.73. The lowest BCUT2D eigenvalue weighted by Crippen LogP contribution is -2.14. The summed E-state index contributed by atoms with van der Waals surface area (Å²) in [7, 11) is 0. The lowest BCUT2D eigenvalue weighted by molar-refractivity contribution is -0.384. The summed E-state index contributed by atoms with van der Waals surface area (Å²) in [5.41, 5.74) is 7.72. The molecule has 21 heavy (non-hydrogen) atoms. The van der Waals surface area contributed by atoms with Crippen LogP contribution in [0.15, 0.2) is 48.5 Å². The number of nitrogens with two attached hydrogens (primary N) is 1. The van der Waals surface area contributed by atoms with Gasteiger partial charge >= 0.3 is 0 Å². The predicted octanol–water partition coefficient (Wildman–Crippen LogP) is 2.60. The molecule has 108 valence electrons. The maximum absolute atomic E-state index is 10.7. The van der Waals surface area contributed by atoms with Gasteiger partial charge in [0.2, 0.25) is 0 Å². The molecule has 0 aliphatic rings. The van der Waals surface area contributed by atoms with Gasteiger partial charge in [0.1, 0.15) is 5.84 Å². The Kier molecular flexibility index (Phi) is 4.63. The molecule has 0 heterocycles. The summed E-state index contributed by atoms with van der Waals surface area (Å²) in [5.74, 6) is -0.00968. The number of nitrogen functional groups attached to an aromatic ring is 1. The molecule has 3 N–H and O–H groups in total. The van der Waals surface area contributed by atoms with Gasteiger partial charge in [-0.3, -0.25) is 15.5 Å². The molecule has 0 aromatic heterocycles. The molecular formula is C15H15N3O3. The van der Waals surface area contributed by atoms with Crippen LogP contribution in [0.1, 0.15) is 16.7 Å². The molecule has 0 saturated heterocycles. The lowest BCUT2D eigenvalue weighted by Gasteiger charge is -2.09. The van der Waals surface area contributed by atoms with E-state index in [1.54, 1.807) is 24.3 Å². The van der Waals surface area contributed by atoms with Crippen molar-refractivity contribution in [1.29, 1.82) is 5.41 Å². The topological polar surface area (TPSA) is 102 Å². The number of amidine groups is 1. The smallest absolute Gasteiger partial charge is 0.269 e. The highest BCUT2D eigenvalue weighted by Gasteiger charge is 2.07. The van der Waals surface area contributed by atoms with Crippen molar-refractivity contribution < 1.29 is 9.66 Å². The van der Waals surface area contributed by atoms with E-state index in [0.29, 0.717) is 12.2 Å². The fourth-order valence-electron chi connectivity index (χ4n) is 1.95. The van der Waals surface area contributed by atoms with Gasteiger partial charge in [0, 0.05) is 17.7 Å². The van der Waals surface area contributed by atoms with Gasteiger partial charge in [-0.15, -0.1) is 0 Å². The molecule has 0 spiro atoms. The molecule has 0 atom stereocenters. The van der Waals surface area contributed by atoms with Crippen LogP contribution >= 0.6 is 0 Å². The number of non-ortho nitro benzene ring substituents is 1. The Balaban J connectivity index is 2.00. The highest BCUT2D eigenvalue weighted by atomic mass is 16.6. The van der Waals surface area contributed by atoms with E-state index in [2.05, 4.69) is 0 Å². The van der Waals surface area contributed by atoms with E-state index in [1.807, 2.05) is 12.1 Å². The van der Waals surface area contributed by atoms with E-state index in [4.69, 9.17) is 15.9 Å². The highest BCUT2D eigenvalue weighted by molar-refractivity contribution is 5.96. The Bertz CT molecular complexity index is 671. The van der Waals surface area contributed by atoms with Crippen LogP contribution in [0.25, 0.3) is 0 Å². The van der Waals surface area contributed by atoms with Crippen molar-refractivity contribution in [2.75, 3.05) is 0 Å². The van der Waals surface area contributed by atoms with Crippen LogP contribution in [-0.2, 0) is 18.0 Å². The van der Waals surface area contributed by atoms with Crippen LogP contribution in [0, 0.1) is 15.5 Å². The molecule has 0 aliphatic carbocycles. The second-order valence-corrected chi connectivity index (χ2v) is 4.49. The van der Waals surface area contributed by atoms with Crippen molar-refractivity contribution in [3.8, 4) is 0 Å². The summed E-state index contributed by atoms with van der Waals surface area (Å²) < 4.78 is 5.56. The predicted molar refractivity (Wildman–Crippen MR) is 79.0 cm³/mol. The Morgan fingerprint density at radius 3 is 2.67 bits per heavy atom. The van der Waals surface area contributed by atoms with Gasteiger partial charge in [-0.2, -0.15) is 0 Å². The fraction of sp³-hybridized carbons (Fsp3) is 0.133. The van der Waals surface area contributed by atoms with Gasteiger partial charge in [-0.1, -0.05) is 36.4 Å². The van der Waals surface area contributed by atoms with E-state index in [0.717, 1.165) is 11.1 Å². The maximum atomic E-state index is 10.7.